The zero-order valence-electron chi connectivity index (χ0n) is 25.4. The predicted octanol–water partition coefficient (Wildman–Crippen LogP) is 7.48. The highest BCUT2D eigenvalue weighted by atomic mass is 16.6. The van der Waals surface area contributed by atoms with Gasteiger partial charge in [0.15, 0.2) is 0 Å². The first kappa shape index (κ1) is 30.4. The van der Waals surface area contributed by atoms with Gasteiger partial charge in [-0.1, -0.05) is 34.1 Å². The maximum atomic E-state index is 12.5. The lowest BCUT2D eigenvalue weighted by Gasteiger charge is -2.63. The molecule has 6 aliphatic rings. The van der Waals surface area contributed by atoms with Crippen molar-refractivity contribution < 1.29 is 24.2 Å². The summed E-state index contributed by atoms with van der Waals surface area (Å²) in [5.74, 6) is 3.67. The molecule has 0 aromatic carbocycles. The molecule has 7 unspecified atom stereocenters. The van der Waals surface area contributed by atoms with Crippen molar-refractivity contribution in [2.75, 3.05) is 7.11 Å². The number of hydrogen-bond donors (Lipinski definition) is 1. The molecule has 0 aromatic rings. The third-order valence-corrected chi connectivity index (χ3v) is 10.7. The number of aliphatic hydroxyl groups is 1. The minimum absolute atomic E-state index is 0.0887. The smallest absolute Gasteiger partial charge is 0.312 e. The van der Waals surface area contributed by atoms with Gasteiger partial charge in [-0.2, -0.15) is 0 Å². The quantitative estimate of drug-likeness (QED) is 0.380. The average molecular weight is 521 g/mol. The Morgan fingerprint density at radius 1 is 0.865 bits per heavy atom. The Labute approximate surface area is 226 Å². The van der Waals surface area contributed by atoms with Gasteiger partial charge in [-0.25, -0.2) is 0 Å². The summed E-state index contributed by atoms with van der Waals surface area (Å²) in [4.78, 5) is 23.3. The summed E-state index contributed by atoms with van der Waals surface area (Å²) in [6.07, 6.45) is 13.3. The van der Waals surface area contributed by atoms with Gasteiger partial charge in [0.1, 0.15) is 5.60 Å². The van der Waals surface area contributed by atoms with E-state index < -0.39 is 16.6 Å². The summed E-state index contributed by atoms with van der Waals surface area (Å²) in [5, 5.41) is 10.8. The highest BCUT2D eigenvalue weighted by Gasteiger charge is 2.63. The van der Waals surface area contributed by atoms with Crippen LogP contribution in [0.1, 0.15) is 132 Å². The third-order valence-electron chi connectivity index (χ3n) is 10.7. The molecule has 0 aromatic heterocycles. The van der Waals surface area contributed by atoms with Crippen LogP contribution in [0.4, 0.5) is 0 Å². The molecule has 214 valence electrons. The second-order valence-corrected chi connectivity index (χ2v) is 15.2. The van der Waals surface area contributed by atoms with Crippen LogP contribution >= 0.6 is 0 Å². The number of fused-ring (bicyclic) bond motifs is 2. The molecule has 5 heteroatoms. The fourth-order valence-electron chi connectivity index (χ4n) is 8.35. The molecule has 6 aliphatic carbocycles. The molecule has 0 heterocycles. The zero-order chi connectivity index (χ0) is 27.9. The summed E-state index contributed by atoms with van der Waals surface area (Å²) in [7, 11) is 1.42. The second kappa shape index (κ2) is 10.8. The minimum Gasteiger partial charge on any atom is -0.469 e. The van der Waals surface area contributed by atoms with E-state index in [0.29, 0.717) is 12.3 Å². The molecule has 0 spiro atoms. The SMILES string of the molecule is CC1CC2CCC1C2.CCC(C)(C)C(=O)OC.CCC(C)(C)C(=O)OC12CC3CC(C)(CC(O)(C3)C1)C2. The van der Waals surface area contributed by atoms with E-state index >= 15 is 0 Å². The fraction of sp³-hybridized carbons (Fsp3) is 0.938. The Balaban J connectivity index is 0.000000184. The van der Waals surface area contributed by atoms with Gasteiger partial charge >= 0.3 is 11.9 Å². The summed E-state index contributed by atoms with van der Waals surface area (Å²) in [6.45, 7) is 16.3. The molecule has 1 N–H and O–H groups in total. The van der Waals surface area contributed by atoms with E-state index in [0.717, 1.165) is 56.3 Å². The first-order valence-corrected chi connectivity index (χ1v) is 15.0. The van der Waals surface area contributed by atoms with Gasteiger partial charge in [-0.3, -0.25) is 9.59 Å². The molecule has 37 heavy (non-hydrogen) atoms. The van der Waals surface area contributed by atoms with E-state index in [2.05, 4.69) is 18.6 Å². The third kappa shape index (κ3) is 6.92. The molecule has 0 radical (unpaired) electrons. The van der Waals surface area contributed by atoms with E-state index in [4.69, 9.17) is 4.74 Å². The lowest BCUT2D eigenvalue weighted by molar-refractivity contribution is -0.243. The van der Waals surface area contributed by atoms with Crippen LogP contribution in [0.25, 0.3) is 0 Å². The summed E-state index contributed by atoms with van der Waals surface area (Å²) in [6, 6.07) is 0. The predicted molar refractivity (Wildman–Crippen MR) is 148 cm³/mol. The zero-order valence-corrected chi connectivity index (χ0v) is 25.4. The van der Waals surface area contributed by atoms with Gasteiger partial charge in [0.05, 0.1) is 23.5 Å². The van der Waals surface area contributed by atoms with Crippen molar-refractivity contribution in [3.05, 3.63) is 0 Å². The highest BCUT2D eigenvalue weighted by molar-refractivity contribution is 5.76. The van der Waals surface area contributed by atoms with Gasteiger partial charge in [-0.05, 0) is 121 Å². The largest absolute Gasteiger partial charge is 0.469 e. The second-order valence-electron chi connectivity index (χ2n) is 15.2. The lowest BCUT2D eigenvalue weighted by atomic mass is 9.47. The molecular formula is C32H56O5. The number of ether oxygens (including phenoxy) is 2. The number of carbonyl (C=O) groups excluding carboxylic acids is 2. The van der Waals surface area contributed by atoms with Crippen molar-refractivity contribution in [2.45, 2.75) is 144 Å². The van der Waals surface area contributed by atoms with E-state index in [1.165, 1.54) is 13.5 Å². The van der Waals surface area contributed by atoms with Crippen LogP contribution < -0.4 is 0 Å². The summed E-state index contributed by atoms with van der Waals surface area (Å²) < 4.78 is 10.6. The van der Waals surface area contributed by atoms with Crippen LogP contribution in [0.5, 0.6) is 0 Å². The molecule has 6 rings (SSSR count). The number of carbonyl (C=O) groups is 2. The van der Waals surface area contributed by atoms with Gasteiger partial charge < -0.3 is 14.6 Å². The number of hydrogen-bond acceptors (Lipinski definition) is 5. The van der Waals surface area contributed by atoms with E-state index in [-0.39, 0.29) is 22.8 Å². The Kier molecular flexibility index (Phi) is 8.90. The van der Waals surface area contributed by atoms with Gasteiger partial charge in [-0.15, -0.1) is 0 Å². The number of methoxy groups -OCH3 is 1. The van der Waals surface area contributed by atoms with Crippen LogP contribution in [-0.4, -0.2) is 35.4 Å². The minimum atomic E-state index is -0.592. The van der Waals surface area contributed by atoms with Crippen molar-refractivity contribution in [2.24, 2.45) is 39.9 Å². The molecular weight excluding hydrogens is 464 g/mol. The normalized spacial score (nSPS) is 39.3. The molecule has 6 fully saturated rings. The highest BCUT2D eigenvalue weighted by Crippen LogP contribution is 2.64. The molecule has 6 saturated carbocycles. The number of esters is 2. The Morgan fingerprint density at radius 3 is 1.86 bits per heavy atom. The molecule has 0 amide bonds. The van der Waals surface area contributed by atoms with Crippen molar-refractivity contribution in [1.29, 1.82) is 0 Å². The first-order chi connectivity index (χ1) is 17.0. The molecule has 6 bridgehead atoms. The van der Waals surface area contributed by atoms with Crippen LogP contribution in [0.3, 0.4) is 0 Å². The molecule has 7 atom stereocenters. The Morgan fingerprint density at radius 2 is 1.49 bits per heavy atom. The van der Waals surface area contributed by atoms with Crippen molar-refractivity contribution in [1.82, 2.24) is 0 Å². The van der Waals surface area contributed by atoms with Crippen molar-refractivity contribution in [3.63, 3.8) is 0 Å². The molecule has 5 nitrogen and oxygen atoms in total. The monoisotopic (exact) mass is 520 g/mol. The Bertz CT molecular complexity index is 809. The van der Waals surface area contributed by atoms with E-state index in [1.807, 2.05) is 41.5 Å². The summed E-state index contributed by atoms with van der Waals surface area (Å²) in [5.41, 5.74) is -1.57. The van der Waals surface area contributed by atoms with Crippen LogP contribution in [0.15, 0.2) is 0 Å². The van der Waals surface area contributed by atoms with Gasteiger partial charge in [0.2, 0.25) is 0 Å². The fourth-order valence-corrected chi connectivity index (χ4v) is 8.35. The van der Waals surface area contributed by atoms with Gasteiger partial charge in [0.25, 0.3) is 0 Å². The average Bonchev–Trinajstić information content (AvgIpc) is 3.39. The summed E-state index contributed by atoms with van der Waals surface area (Å²) >= 11 is 0. The Hall–Kier alpha value is -1.10. The maximum absolute atomic E-state index is 12.5. The van der Waals surface area contributed by atoms with Crippen molar-refractivity contribution >= 4 is 11.9 Å². The molecule has 0 aliphatic heterocycles. The van der Waals surface area contributed by atoms with Crippen LogP contribution in [0, 0.1) is 39.9 Å². The standard InChI is InChI=1S/C17H28O3.C8H14.C7H14O2/c1-5-14(2,3)13(18)20-17-8-12-6-15(4,10-17)9-16(19,7-12)11-17;1-6-4-7-2-3-8(6)5-7;1-5-7(2,3)6(8)9-4/h12,19H,5-11H2,1-4H3;6-8H,2-5H2,1H3;5H2,1-4H3. The van der Waals surface area contributed by atoms with Crippen molar-refractivity contribution in [3.8, 4) is 0 Å². The number of rotatable bonds is 5. The molecule has 0 saturated heterocycles. The van der Waals surface area contributed by atoms with Crippen LogP contribution in [-0.2, 0) is 19.1 Å². The van der Waals surface area contributed by atoms with Gasteiger partial charge in [0, 0.05) is 6.42 Å². The first-order valence-electron chi connectivity index (χ1n) is 15.0. The van der Waals surface area contributed by atoms with Crippen LogP contribution in [0.2, 0.25) is 0 Å². The maximum Gasteiger partial charge on any atom is 0.312 e. The topological polar surface area (TPSA) is 72.8 Å². The van der Waals surface area contributed by atoms with E-state index in [9.17, 15) is 14.7 Å². The lowest BCUT2D eigenvalue weighted by Crippen LogP contribution is -2.64. The van der Waals surface area contributed by atoms with E-state index in [1.54, 1.807) is 25.7 Å².